The minimum atomic E-state index is -2.63. The highest BCUT2D eigenvalue weighted by atomic mass is 32.2. The number of hydrogen-bond acceptors (Lipinski definition) is 6. The van der Waals surface area contributed by atoms with Crippen molar-refractivity contribution in [1.82, 2.24) is 19.7 Å². The van der Waals surface area contributed by atoms with E-state index in [-0.39, 0.29) is 18.2 Å². The summed E-state index contributed by atoms with van der Waals surface area (Å²) in [6.07, 6.45) is 5.80. The van der Waals surface area contributed by atoms with Crippen LogP contribution in [-0.4, -0.2) is 35.7 Å². The molecule has 0 saturated heterocycles. The molecule has 108 valence electrons. The second kappa shape index (κ2) is 7.36. The first-order valence-electron chi connectivity index (χ1n) is 5.98. The van der Waals surface area contributed by atoms with Crippen LogP contribution in [0.5, 0.6) is 0 Å². The van der Waals surface area contributed by atoms with E-state index < -0.39 is 10.9 Å². The fraction of sp³-hybridized carbons (Fsp3) is 0.0769. The van der Waals surface area contributed by atoms with Gasteiger partial charge in [0.15, 0.2) is 0 Å². The smallest absolute Gasteiger partial charge is 0.230 e. The second-order valence-electron chi connectivity index (χ2n) is 3.90. The number of nitrogens with zero attached hydrogens (tertiary/aromatic N) is 3. The summed E-state index contributed by atoms with van der Waals surface area (Å²) in [5.41, 5.74) is 1.09. The lowest BCUT2D eigenvalue weighted by atomic mass is 10.0. The summed E-state index contributed by atoms with van der Waals surface area (Å²) in [6.45, 7) is 0.160. The molecule has 0 aliphatic rings. The number of hydrogen-bond donors (Lipinski definition) is 2. The summed E-state index contributed by atoms with van der Waals surface area (Å²) < 4.78 is 23.0. The van der Waals surface area contributed by atoms with Crippen LogP contribution in [0.2, 0.25) is 0 Å². The Morgan fingerprint density at radius 1 is 1.19 bits per heavy atom. The van der Waals surface area contributed by atoms with Gasteiger partial charge in [-0.3, -0.25) is 4.79 Å². The van der Waals surface area contributed by atoms with Crippen LogP contribution in [0.4, 0.5) is 0 Å². The summed E-state index contributed by atoms with van der Waals surface area (Å²) in [6, 6.07) is 6.93. The highest BCUT2D eigenvalue weighted by Crippen LogP contribution is 2.13. The van der Waals surface area contributed by atoms with Gasteiger partial charge in [-0.2, -0.15) is 0 Å². The van der Waals surface area contributed by atoms with Crippen LogP contribution in [0, 0.1) is 0 Å². The molecule has 0 aliphatic heterocycles. The summed E-state index contributed by atoms with van der Waals surface area (Å²) in [5.74, 6) is -0.257. The molecule has 0 radical (unpaired) electrons. The maximum atomic E-state index is 12.3. The second-order valence-corrected chi connectivity index (χ2v) is 4.73. The number of carbonyl (C=O) groups excluding carboxylic acids is 1. The maximum Gasteiger partial charge on any atom is 0.230 e. The Hall–Kier alpha value is -2.45. The molecule has 2 rings (SSSR count). The van der Waals surface area contributed by atoms with Gasteiger partial charge in [-0.25, -0.2) is 28.1 Å². The predicted octanol–water partition coefficient (Wildman–Crippen LogP) is 0.232. The summed E-state index contributed by atoms with van der Waals surface area (Å²) in [7, 11) is -2.63. The Morgan fingerprint density at radius 2 is 1.90 bits per heavy atom. The molecule has 0 fully saturated rings. The third-order valence-corrected chi connectivity index (χ3v) is 2.98. The van der Waals surface area contributed by atoms with E-state index in [1.165, 1.54) is 12.7 Å². The van der Waals surface area contributed by atoms with Crippen molar-refractivity contribution < 1.29 is 13.2 Å². The number of ketones is 1. The lowest BCUT2D eigenvalue weighted by Crippen LogP contribution is -2.10. The molecule has 2 aromatic rings. The van der Waals surface area contributed by atoms with Gasteiger partial charge in [0, 0.05) is 12.1 Å². The van der Waals surface area contributed by atoms with E-state index in [1.54, 1.807) is 36.4 Å². The molecule has 0 spiro atoms. The van der Waals surface area contributed by atoms with Crippen molar-refractivity contribution >= 4 is 22.7 Å². The Morgan fingerprint density at radius 3 is 2.62 bits per heavy atom. The number of rotatable bonds is 6. The van der Waals surface area contributed by atoms with E-state index in [2.05, 4.69) is 19.7 Å². The molecule has 21 heavy (non-hydrogen) atoms. The minimum absolute atomic E-state index is 0.0617. The first kappa shape index (κ1) is 14.9. The van der Waals surface area contributed by atoms with E-state index >= 15 is 0 Å². The van der Waals surface area contributed by atoms with Crippen LogP contribution < -0.4 is 4.72 Å². The first-order valence-corrected chi connectivity index (χ1v) is 7.16. The number of benzene rings is 1. The Kier molecular flexibility index (Phi) is 5.24. The third kappa shape index (κ3) is 4.26. The molecule has 1 N–H and O–H groups in total. The third-order valence-electron chi connectivity index (χ3n) is 2.54. The van der Waals surface area contributed by atoms with Crippen molar-refractivity contribution in [3.8, 4) is 0 Å². The van der Waals surface area contributed by atoms with E-state index in [0.717, 1.165) is 0 Å². The van der Waals surface area contributed by atoms with Gasteiger partial charge >= 0.3 is 0 Å². The minimum Gasteiger partial charge on any atom is -0.285 e. The van der Waals surface area contributed by atoms with Crippen molar-refractivity contribution in [2.75, 3.05) is 6.54 Å². The Bertz CT molecular complexity index is 721. The van der Waals surface area contributed by atoms with Gasteiger partial charge in [-0.05, 0) is 5.56 Å². The fourth-order valence-electron chi connectivity index (χ4n) is 1.64. The highest BCUT2D eigenvalue weighted by Gasteiger charge is 2.14. The van der Waals surface area contributed by atoms with Gasteiger partial charge in [-0.1, -0.05) is 36.4 Å². The van der Waals surface area contributed by atoms with Gasteiger partial charge in [0.05, 0.1) is 0 Å². The Labute approximate surface area is 122 Å². The standard InChI is InChI=1S/C13H12N4O3S/c18-12(13-15-8-14-9-16-13)11-6-2-1-4-10(11)5-3-7-17-21(19)20/h1-6,8-9,21H,7H2,(H,17,19,20). The average Bonchev–Trinajstić information content (AvgIpc) is 2.52. The topological polar surface area (TPSA) is 102 Å². The fourth-order valence-corrected chi connectivity index (χ4v) is 1.89. The molecular formula is C13H12N4O3S. The molecule has 0 unspecified atom stereocenters. The maximum absolute atomic E-state index is 12.3. The molecule has 0 aliphatic carbocycles. The van der Waals surface area contributed by atoms with E-state index in [1.807, 2.05) is 0 Å². The molecule has 0 bridgehead atoms. The van der Waals surface area contributed by atoms with Crippen LogP contribution in [0.25, 0.3) is 6.08 Å². The number of thiol groups is 1. The van der Waals surface area contributed by atoms with Crippen molar-refractivity contribution in [1.29, 1.82) is 0 Å². The zero-order valence-electron chi connectivity index (χ0n) is 10.8. The summed E-state index contributed by atoms with van der Waals surface area (Å²) >= 11 is 0. The number of nitrogens with one attached hydrogen (secondary N) is 1. The molecule has 1 aromatic carbocycles. The lowest BCUT2D eigenvalue weighted by molar-refractivity contribution is 0.102. The molecular weight excluding hydrogens is 292 g/mol. The summed E-state index contributed by atoms with van der Waals surface area (Å²) in [4.78, 5) is 23.6. The van der Waals surface area contributed by atoms with Gasteiger partial charge in [0.25, 0.3) is 0 Å². The number of carbonyl (C=O) groups is 1. The van der Waals surface area contributed by atoms with E-state index in [0.29, 0.717) is 11.1 Å². The summed E-state index contributed by atoms with van der Waals surface area (Å²) in [5, 5.41) is 0. The molecule has 7 nitrogen and oxygen atoms in total. The van der Waals surface area contributed by atoms with E-state index in [4.69, 9.17) is 0 Å². The predicted molar refractivity (Wildman–Crippen MR) is 77.1 cm³/mol. The average molecular weight is 304 g/mol. The van der Waals surface area contributed by atoms with Crippen LogP contribution >= 0.6 is 0 Å². The monoisotopic (exact) mass is 304 g/mol. The van der Waals surface area contributed by atoms with Gasteiger partial charge in [0.2, 0.25) is 22.5 Å². The molecule has 1 heterocycles. The van der Waals surface area contributed by atoms with E-state index in [9.17, 15) is 13.2 Å². The van der Waals surface area contributed by atoms with Crippen LogP contribution in [-0.2, 0) is 10.9 Å². The van der Waals surface area contributed by atoms with Crippen molar-refractivity contribution in [2.45, 2.75) is 0 Å². The number of aromatic nitrogens is 3. The van der Waals surface area contributed by atoms with Gasteiger partial charge in [0.1, 0.15) is 12.7 Å². The van der Waals surface area contributed by atoms with Crippen molar-refractivity contribution in [2.24, 2.45) is 0 Å². The van der Waals surface area contributed by atoms with Crippen LogP contribution in [0.15, 0.2) is 43.0 Å². The highest BCUT2D eigenvalue weighted by molar-refractivity contribution is 7.70. The SMILES string of the molecule is O=C(c1ncncn1)c1ccccc1C=CCN[SH](=O)=O. The largest absolute Gasteiger partial charge is 0.285 e. The van der Waals surface area contributed by atoms with Crippen LogP contribution in [0.3, 0.4) is 0 Å². The lowest BCUT2D eigenvalue weighted by Gasteiger charge is -2.03. The molecule has 0 atom stereocenters. The first-order chi connectivity index (χ1) is 10.2. The van der Waals surface area contributed by atoms with Gasteiger partial charge < -0.3 is 0 Å². The molecule has 1 aromatic heterocycles. The normalized spacial score (nSPS) is 11.1. The Balaban J connectivity index is 2.23. The zero-order chi connectivity index (χ0) is 15.1. The molecule has 0 amide bonds. The van der Waals surface area contributed by atoms with Crippen molar-refractivity contribution in [3.05, 3.63) is 59.9 Å². The molecule has 0 saturated carbocycles. The van der Waals surface area contributed by atoms with Crippen LogP contribution in [0.1, 0.15) is 21.7 Å². The quantitative estimate of drug-likeness (QED) is 0.585. The van der Waals surface area contributed by atoms with Gasteiger partial charge in [-0.15, -0.1) is 0 Å². The zero-order valence-corrected chi connectivity index (χ0v) is 11.7. The molecule has 8 heteroatoms. The van der Waals surface area contributed by atoms with Crippen molar-refractivity contribution in [3.63, 3.8) is 0 Å².